The van der Waals surface area contributed by atoms with E-state index in [1.54, 1.807) is 0 Å². The Morgan fingerprint density at radius 2 is 2.29 bits per heavy atom. The van der Waals surface area contributed by atoms with Crippen molar-refractivity contribution in [2.45, 2.75) is 37.5 Å². The molecule has 3 unspecified atom stereocenters. The average Bonchev–Trinajstić information content (AvgIpc) is 3.13. The third-order valence-corrected chi connectivity index (χ3v) is 5.92. The van der Waals surface area contributed by atoms with Crippen LogP contribution in [0.1, 0.15) is 18.4 Å². The fourth-order valence-corrected chi connectivity index (χ4v) is 4.65. The van der Waals surface area contributed by atoms with Crippen molar-refractivity contribution in [2.24, 2.45) is 5.73 Å². The van der Waals surface area contributed by atoms with Gasteiger partial charge in [-0.2, -0.15) is 0 Å². The molecule has 0 saturated carbocycles. The fraction of sp³-hybridized carbons (Fsp3) is 0.529. The highest BCUT2D eigenvalue weighted by molar-refractivity contribution is 7.17. The van der Waals surface area contributed by atoms with E-state index in [2.05, 4.69) is 34.5 Å². The summed E-state index contributed by atoms with van der Waals surface area (Å²) in [6, 6.07) is 9.32. The van der Waals surface area contributed by atoms with Crippen molar-refractivity contribution < 1.29 is 4.74 Å². The number of ether oxygens (including phenoxy) is 1. The molecule has 3 heterocycles. The number of nitrogens with zero attached hydrogens (tertiary/aromatic N) is 1. The van der Waals surface area contributed by atoms with Crippen LogP contribution in [0.2, 0.25) is 0 Å². The Bertz CT molecular complexity index is 626. The molecule has 2 fully saturated rings. The van der Waals surface area contributed by atoms with Gasteiger partial charge in [-0.3, -0.25) is 4.90 Å². The molecule has 2 saturated heterocycles. The van der Waals surface area contributed by atoms with Crippen molar-refractivity contribution >= 4 is 21.4 Å². The lowest BCUT2D eigenvalue weighted by molar-refractivity contribution is -0.0589. The van der Waals surface area contributed by atoms with E-state index < -0.39 is 0 Å². The van der Waals surface area contributed by atoms with Crippen LogP contribution in [0.4, 0.5) is 0 Å². The minimum absolute atomic E-state index is 0.0876. The molecule has 0 spiro atoms. The summed E-state index contributed by atoms with van der Waals surface area (Å²) in [5.74, 6) is 0. The van der Waals surface area contributed by atoms with Gasteiger partial charge in [0.2, 0.25) is 0 Å². The van der Waals surface area contributed by atoms with Gasteiger partial charge in [-0.1, -0.05) is 18.2 Å². The Labute approximate surface area is 129 Å². The maximum atomic E-state index is 6.47. The second kappa shape index (κ2) is 5.69. The van der Waals surface area contributed by atoms with E-state index in [0.717, 1.165) is 19.6 Å². The molecule has 4 rings (SSSR count). The van der Waals surface area contributed by atoms with Gasteiger partial charge in [-0.15, -0.1) is 11.3 Å². The molecule has 3 nitrogen and oxygen atoms in total. The lowest BCUT2D eigenvalue weighted by atomic mass is 10.00. The van der Waals surface area contributed by atoms with E-state index in [1.165, 1.54) is 35.0 Å². The Morgan fingerprint density at radius 3 is 3.24 bits per heavy atom. The number of nitrogens with two attached hydrogens (primary N) is 1. The Morgan fingerprint density at radius 1 is 1.38 bits per heavy atom. The molecule has 2 N–H and O–H groups in total. The molecule has 2 aliphatic heterocycles. The van der Waals surface area contributed by atoms with Crippen LogP contribution in [0.5, 0.6) is 0 Å². The van der Waals surface area contributed by atoms with E-state index in [-0.39, 0.29) is 12.1 Å². The molecule has 0 bridgehead atoms. The predicted octanol–water partition coefficient (Wildman–Crippen LogP) is 2.63. The number of hydrogen-bond acceptors (Lipinski definition) is 4. The van der Waals surface area contributed by atoms with Crippen LogP contribution in [0, 0.1) is 0 Å². The van der Waals surface area contributed by atoms with Gasteiger partial charge in [0.1, 0.15) is 0 Å². The topological polar surface area (TPSA) is 38.5 Å². The summed E-state index contributed by atoms with van der Waals surface area (Å²) in [5, 5.41) is 3.61. The zero-order valence-corrected chi connectivity index (χ0v) is 13.0. The van der Waals surface area contributed by atoms with E-state index in [0.29, 0.717) is 6.04 Å². The van der Waals surface area contributed by atoms with Crippen LogP contribution < -0.4 is 5.73 Å². The monoisotopic (exact) mass is 302 g/mol. The van der Waals surface area contributed by atoms with Crippen LogP contribution in [-0.4, -0.2) is 42.8 Å². The largest absolute Gasteiger partial charge is 0.374 e. The number of fused-ring (bicyclic) bond motifs is 2. The first-order valence-electron chi connectivity index (χ1n) is 7.87. The van der Waals surface area contributed by atoms with Crippen molar-refractivity contribution in [2.75, 3.05) is 19.7 Å². The highest BCUT2D eigenvalue weighted by Crippen LogP contribution is 2.28. The first-order valence-corrected chi connectivity index (χ1v) is 8.75. The normalized spacial score (nSPS) is 27.9. The van der Waals surface area contributed by atoms with Gasteiger partial charge < -0.3 is 10.5 Å². The number of thiophene rings is 1. The SMILES string of the molecule is NC(Cc1csc2ccccc12)C1CN2CCCC2CO1. The Balaban J connectivity index is 1.47. The molecule has 0 radical (unpaired) electrons. The second-order valence-electron chi connectivity index (χ2n) is 6.29. The number of benzene rings is 1. The van der Waals surface area contributed by atoms with E-state index in [9.17, 15) is 0 Å². The van der Waals surface area contributed by atoms with Crippen LogP contribution in [0.15, 0.2) is 29.6 Å². The molecule has 0 aliphatic carbocycles. The average molecular weight is 302 g/mol. The second-order valence-corrected chi connectivity index (χ2v) is 7.20. The van der Waals surface area contributed by atoms with E-state index in [4.69, 9.17) is 10.5 Å². The zero-order valence-electron chi connectivity index (χ0n) is 12.2. The third-order valence-electron chi connectivity index (χ3n) is 4.91. The maximum absolute atomic E-state index is 6.47. The summed E-state index contributed by atoms with van der Waals surface area (Å²) >= 11 is 1.81. The van der Waals surface area contributed by atoms with E-state index in [1.807, 2.05) is 11.3 Å². The first kappa shape index (κ1) is 13.7. The summed E-state index contributed by atoms with van der Waals surface area (Å²) in [7, 11) is 0. The third kappa shape index (κ3) is 2.61. The zero-order chi connectivity index (χ0) is 14.2. The van der Waals surface area contributed by atoms with Gasteiger partial charge in [0.15, 0.2) is 0 Å². The van der Waals surface area contributed by atoms with Crippen molar-refractivity contribution in [3.63, 3.8) is 0 Å². The van der Waals surface area contributed by atoms with Gasteiger partial charge in [-0.25, -0.2) is 0 Å². The molecular formula is C17H22N2OS. The van der Waals surface area contributed by atoms with Gasteiger partial charge in [0.05, 0.1) is 12.7 Å². The number of hydrogen-bond donors (Lipinski definition) is 1. The molecule has 0 amide bonds. The van der Waals surface area contributed by atoms with Gasteiger partial charge in [0, 0.05) is 23.3 Å². The van der Waals surface area contributed by atoms with Crippen molar-refractivity contribution in [1.82, 2.24) is 4.90 Å². The Kier molecular flexibility index (Phi) is 3.71. The minimum Gasteiger partial charge on any atom is -0.374 e. The summed E-state index contributed by atoms with van der Waals surface area (Å²) in [6.07, 6.45) is 3.69. The first-order chi connectivity index (χ1) is 10.3. The summed E-state index contributed by atoms with van der Waals surface area (Å²) in [6.45, 7) is 3.09. The Hall–Kier alpha value is -0.940. The predicted molar refractivity (Wildman–Crippen MR) is 87.8 cm³/mol. The van der Waals surface area contributed by atoms with Gasteiger partial charge >= 0.3 is 0 Å². The fourth-order valence-electron chi connectivity index (χ4n) is 3.68. The van der Waals surface area contributed by atoms with E-state index >= 15 is 0 Å². The highest BCUT2D eigenvalue weighted by Gasteiger charge is 2.34. The van der Waals surface area contributed by atoms with Crippen molar-refractivity contribution in [3.05, 3.63) is 35.2 Å². The molecule has 2 aromatic rings. The molecule has 3 atom stereocenters. The quantitative estimate of drug-likeness (QED) is 0.947. The maximum Gasteiger partial charge on any atom is 0.0856 e. The molecule has 4 heteroatoms. The molecular weight excluding hydrogens is 280 g/mol. The summed E-state index contributed by atoms with van der Waals surface area (Å²) in [5.41, 5.74) is 7.84. The molecule has 1 aromatic carbocycles. The van der Waals surface area contributed by atoms with Crippen molar-refractivity contribution in [1.29, 1.82) is 0 Å². The number of morpholine rings is 1. The van der Waals surface area contributed by atoms with Crippen LogP contribution in [0.25, 0.3) is 10.1 Å². The molecule has 2 aliphatic rings. The molecule has 1 aromatic heterocycles. The van der Waals surface area contributed by atoms with Crippen LogP contribution >= 0.6 is 11.3 Å². The van der Waals surface area contributed by atoms with Crippen LogP contribution in [-0.2, 0) is 11.2 Å². The van der Waals surface area contributed by atoms with Gasteiger partial charge in [0.25, 0.3) is 0 Å². The lowest BCUT2D eigenvalue weighted by Gasteiger charge is -2.37. The van der Waals surface area contributed by atoms with Crippen molar-refractivity contribution in [3.8, 4) is 0 Å². The highest BCUT2D eigenvalue weighted by atomic mass is 32.1. The van der Waals surface area contributed by atoms with Crippen LogP contribution in [0.3, 0.4) is 0 Å². The molecule has 21 heavy (non-hydrogen) atoms. The van der Waals surface area contributed by atoms with Gasteiger partial charge in [-0.05, 0) is 48.2 Å². The molecule has 112 valence electrons. The standard InChI is InChI=1S/C17H22N2OS/c18-15(16-9-19-7-3-4-13(19)10-20-16)8-12-11-21-17-6-2-1-5-14(12)17/h1-2,5-6,11,13,15-16H,3-4,7-10,18H2. The number of rotatable bonds is 3. The summed E-state index contributed by atoms with van der Waals surface area (Å²) in [4.78, 5) is 2.57. The minimum atomic E-state index is 0.0876. The smallest absolute Gasteiger partial charge is 0.0856 e. The summed E-state index contributed by atoms with van der Waals surface area (Å²) < 4.78 is 7.40. The lowest BCUT2D eigenvalue weighted by Crippen LogP contribution is -2.53.